The maximum absolute atomic E-state index is 5.15. The number of terminal acetylenes is 1. The van der Waals surface area contributed by atoms with Gasteiger partial charge >= 0.3 is 0 Å². The van der Waals surface area contributed by atoms with Gasteiger partial charge in [0.05, 0.1) is 0 Å². The Hall–Kier alpha value is -0.480. The van der Waals surface area contributed by atoms with Gasteiger partial charge in [-0.2, -0.15) is 0 Å². The van der Waals surface area contributed by atoms with Crippen LogP contribution in [-0.2, 0) is 0 Å². The summed E-state index contributed by atoms with van der Waals surface area (Å²) in [4.78, 5) is 0. The summed E-state index contributed by atoms with van der Waals surface area (Å²) in [6.45, 7) is 4.37. The molecule has 0 amide bonds. The fourth-order valence-electron chi connectivity index (χ4n) is 1.49. The summed E-state index contributed by atoms with van der Waals surface area (Å²) in [6, 6.07) is 0. The quantitative estimate of drug-likeness (QED) is 0.416. The summed E-state index contributed by atoms with van der Waals surface area (Å²) < 4.78 is 0. The second-order valence-electron chi connectivity index (χ2n) is 3.83. The lowest BCUT2D eigenvalue weighted by Crippen LogP contribution is -2.15. The van der Waals surface area contributed by atoms with E-state index in [0.717, 1.165) is 19.5 Å². The number of hydrogen-bond donors (Lipinski definition) is 1. The highest BCUT2D eigenvalue weighted by Gasteiger charge is 1.90. The maximum atomic E-state index is 5.15. The van der Waals surface area contributed by atoms with Gasteiger partial charge in [0.2, 0.25) is 0 Å². The van der Waals surface area contributed by atoms with Crippen molar-refractivity contribution >= 4 is 0 Å². The molecular weight excluding hydrogens is 170 g/mol. The third kappa shape index (κ3) is 11.5. The van der Waals surface area contributed by atoms with Crippen molar-refractivity contribution in [3.05, 3.63) is 0 Å². The summed E-state index contributed by atoms with van der Waals surface area (Å²) >= 11 is 0. The van der Waals surface area contributed by atoms with Gasteiger partial charge in [-0.3, -0.25) is 0 Å². The Labute approximate surface area is 89.7 Å². The van der Waals surface area contributed by atoms with Crippen LogP contribution in [0.1, 0.15) is 58.3 Å². The van der Waals surface area contributed by atoms with E-state index in [2.05, 4.69) is 18.2 Å². The molecule has 0 bridgehead atoms. The molecule has 0 fully saturated rings. The number of rotatable bonds is 10. The van der Waals surface area contributed by atoms with Gasteiger partial charge in [0.25, 0.3) is 0 Å². The molecule has 0 rings (SSSR count). The molecule has 0 spiro atoms. The van der Waals surface area contributed by atoms with Crippen molar-refractivity contribution in [2.24, 2.45) is 0 Å². The minimum atomic E-state index is 0.858. The van der Waals surface area contributed by atoms with Crippen molar-refractivity contribution in [3.8, 4) is 12.3 Å². The van der Waals surface area contributed by atoms with Crippen LogP contribution in [-0.4, -0.2) is 13.1 Å². The third-order valence-electron chi connectivity index (χ3n) is 2.40. The molecule has 0 aliphatic heterocycles. The van der Waals surface area contributed by atoms with Crippen molar-refractivity contribution in [1.29, 1.82) is 0 Å². The van der Waals surface area contributed by atoms with E-state index >= 15 is 0 Å². The fraction of sp³-hybridized carbons (Fsp3) is 0.846. The minimum absolute atomic E-state index is 0.858. The molecule has 0 saturated carbocycles. The molecule has 14 heavy (non-hydrogen) atoms. The van der Waals surface area contributed by atoms with Crippen LogP contribution in [0.2, 0.25) is 0 Å². The third-order valence-corrected chi connectivity index (χ3v) is 2.40. The first-order chi connectivity index (χ1) is 6.91. The normalized spacial score (nSPS) is 10.0. The summed E-state index contributed by atoms with van der Waals surface area (Å²) in [6.07, 6.45) is 15.7. The predicted octanol–water partition coefficient (Wildman–Crippen LogP) is 3.35. The molecule has 0 radical (unpaired) electrons. The van der Waals surface area contributed by atoms with Gasteiger partial charge in [-0.15, -0.1) is 12.3 Å². The van der Waals surface area contributed by atoms with Gasteiger partial charge in [-0.25, -0.2) is 0 Å². The molecule has 0 saturated heterocycles. The molecule has 0 aliphatic carbocycles. The highest BCUT2D eigenvalue weighted by molar-refractivity contribution is 4.83. The van der Waals surface area contributed by atoms with Crippen molar-refractivity contribution in [1.82, 2.24) is 5.32 Å². The predicted molar refractivity (Wildman–Crippen MR) is 64.3 cm³/mol. The second-order valence-corrected chi connectivity index (χ2v) is 3.83. The van der Waals surface area contributed by atoms with E-state index in [1.165, 1.54) is 44.9 Å². The van der Waals surface area contributed by atoms with Crippen molar-refractivity contribution in [2.45, 2.75) is 58.3 Å². The number of hydrogen-bond acceptors (Lipinski definition) is 1. The molecule has 0 aromatic heterocycles. The molecule has 1 nitrogen and oxygen atoms in total. The van der Waals surface area contributed by atoms with Gasteiger partial charge in [-0.05, 0) is 13.0 Å². The van der Waals surface area contributed by atoms with Crippen LogP contribution in [0.3, 0.4) is 0 Å². The van der Waals surface area contributed by atoms with Crippen LogP contribution in [0.5, 0.6) is 0 Å². The molecule has 1 heteroatoms. The Morgan fingerprint density at radius 3 is 2.21 bits per heavy atom. The standard InChI is InChI=1S/C13H25N/c1-3-5-7-8-9-10-11-13-14-12-6-4-2/h2,14H,3,5-13H2,1H3. The molecule has 0 atom stereocenters. The van der Waals surface area contributed by atoms with Crippen molar-refractivity contribution in [2.75, 3.05) is 13.1 Å². The Balaban J connectivity index is 2.82. The Morgan fingerprint density at radius 1 is 0.929 bits per heavy atom. The SMILES string of the molecule is C#CCCNCCCCCCCCC. The average Bonchev–Trinajstić information content (AvgIpc) is 2.21. The smallest absolute Gasteiger partial charge is 0.0211 e. The Bertz CT molecular complexity index is 135. The Kier molecular flexibility index (Phi) is 12.1. The molecule has 0 aromatic carbocycles. The first-order valence-electron chi connectivity index (χ1n) is 6.06. The second kappa shape index (κ2) is 12.5. The van der Waals surface area contributed by atoms with Gasteiger partial charge in [0.1, 0.15) is 0 Å². The van der Waals surface area contributed by atoms with E-state index in [1.807, 2.05) is 0 Å². The number of unbranched alkanes of at least 4 members (excludes halogenated alkanes) is 6. The van der Waals surface area contributed by atoms with E-state index in [9.17, 15) is 0 Å². The van der Waals surface area contributed by atoms with Gasteiger partial charge in [0.15, 0.2) is 0 Å². The largest absolute Gasteiger partial charge is 0.316 e. The molecule has 82 valence electrons. The van der Waals surface area contributed by atoms with Crippen LogP contribution in [0.4, 0.5) is 0 Å². The summed E-state index contributed by atoms with van der Waals surface area (Å²) in [5.41, 5.74) is 0. The maximum Gasteiger partial charge on any atom is 0.0211 e. The minimum Gasteiger partial charge on any atom is -0.316 e. The van der Waals surface area contributed by atoms with Crippen molar-refractivity contribution < 1.29 is 0 Å². The van der Waals surface area contributed by atoms with Crippen LogP contribution in [0, 0.1) is 12.3 Å². The first kappa shape index (κ1) is 13.5. The monoisotopic (exact) mass is 195 g/mol. The van der Waals surface area contributed by atoms with Gasteiger partial charge in [-0.1, -0.05) is 45.4 Å². The number of nitrogens with one attached hydrogen (secondary N) is 1. The molecule has 1 N–H and O–H groups in total. The van der Waals surface area contributed by atoms with Crippen LogP contribution < -0.4 is 5.32 Å². The highest BCUT2D eigenvalue weighted by Crippen LogP contribution is 2.06. The molecule has 0 aliphatic rings. The van der Waals surface area contributed by atoms with Crippen LogP contribution in [0.25, 0.3) is 0 Å². The fourth-order valence-corrected chi connectivity index (χ4v) is 1.49. The zero-order valence-corrected chi connectivity index (χ0v) is 9.65. The van der Waals surface area contributed by atoms with E-state index < -0.39 is 0 Å². The zero-order chi connectivity index (χ0) is 10.5. The molecule has 0 aromatic rings. The first-order valence-corrected chi connectivity index (χ1v) is 6.06. The van der Waals surface area contributed by atoms with Gasteiger partial charge < -0.3 is 5.32 Å². The highest BCUT2D eigenvalue weighted by atomic mass is 14.8. The molecule has 0 unspecified atom stereocenters. The summed E-state index contributed by atoms with van der Waals surface area (Å²) in [7, 11) is 0. The lowest BCUT2D eigenvalue weighted by molar-refractivity contribution is 0.565. The molecular formula is C13H25N. The zero-order valence-electron chi connectivity index (χ0n) is 9.65. The topological polar surface area (TPSA) is 12.0 Å². The van der Waals surface area contributed by atoms with E-state index in [4.69, 9.17) is 6.42 Å². The Morgan fingerprint density at radius 2 is 1.57 bits per heavy atom. The summed E-state index contributed by atoms with van der Waals surface area (Å²) in [5, 5.41) is 3.35. The lowest BCUT2D eigenvalue weighted by atomic mass is 10.1. The van der Waals surface area contributed by atoms with E-state index in [-0.39, 0.29) is 0 Å². The lowest BCUT2D eigenvalue weighted by Gasteiger charge is -2.02. The van der Waals surface area contributed by atoms with E-state index in [0.29, 0.717) is 0 Å². The van der Waals surface area contributed by atoms with Crippen LogP contribution in [0.15, 0.2) is 0 Å². The van der Waals surface area contributed by atoms with Crippen LogP contribution >= 0.6 is 0 Å². The van der Waals surface area contributed by atoms with Crippen molar-refractivity contribution in [3.63, 3.8) is 0 Å². The van der Waals surface area contributed by atoms with E-state index in [1.54, 1.807) is 0 Å². The van der Waals surface area contributed by atoms with Gasteiger partial charge in [0, 0.05) is 13.0 Å². The summed E-state index contributed by atoms with van der Waals surface area (Å²) in [5.74, 6) is 2.63. The average molecular weight is 195 g/mol. The molecule has 0 heterocycles.